The van der Waals surface area contributed by atoms with Crippen molar-refractivity contribution in [2.45, 2.75) is 6.54 Å². The Morgan fingerprint density at radius 2 is 2.11 bits per heavy atom. The Hall–Kier alpha value is -2.50. The highest BCUT2D eigenvalue weighted by Gasteiger charge is 2.12. The molecule has 1 aromatic heterocycles. The normalized spacial score (nSPS) is 10.7. The summed E-state index contributed by atoms with van der Waals surface area (Å²) in [5.74, 6) is -1.33. The maximum Gasteiger partial charge on any atom is 0.309 e. The molecule has 1 rings (SSSR count). The van der Waals surface area contributed by atoms with Crippen LogP contribution < -0.4 is 16.0 Å². The van der Waals surface area contributed by atoms with Crippen molar-refractivity contribution >= 4 is 11.8 Å². The fourth-order valence-corrected chi connectivity index (χ4v) is 1.36. The third kappa shape index (κ3) is 5.12. The average molecular weight is 262 g/mol. The quantitative estimate of drug-likeness (QED) is 0.431. The number of allylic oxidation sites excluding steroid dienone is 2. The lowest BCUT2D eigenvalue weighted by atomic mass is 10.3. The summed E-state index contributed by atoms with van der Waals surface area (Å²) in [6.45, 7) is 4.10. The average Bonchev–Trinajstić information content (AvgIpc) is 2.93. The number of amides is 2. The zero-order chi connectivity index (χ0) is 14.1. The van der Waals surface area contributed by atoms with E-state index in [0.717, 1.165) is 11.4 Å². The van der Waals surface area contributed by atoms with Crippen LogP contribution in [0.1, 0.15) is 5.69 Å². The summed E-state index contributed by atoms with van der Waals surface area (Å²) >= 11 is 0. The van der Waals surface area contributed by atoms with Crippen LogP contribution in [0, 0.1) is 0 Å². The van der Waals surface area contributed by atoms with Crippen LogP contribution in [0.15, 0.2) is 42.8 Å². The van der Waals surface area contributed by atoms with E-state index in [-0.39, 0.29) is 6.54 Å². The van der Waals surface area contributed by atoms with Crippen LogP contribution >= 0.6 is 0 Å². The SMILES string of the molecule is C=C/C=C(/CNC(=O)C(=O)NCc1ccc[nH]1)NC. The van der Waals surface area contributed by atoms with Gasteiger partial charge in [-0.25, -0.2) is 0 Å². The van der Waals surface area contributed by atoms with Gasteiger partial charge in [0.25, 0.3) is 0 Å². The van der Waals surface area contributed by atoms with Gasteiger partial charge < -0.3 is 20.9 Å². The monoisotopic (exact) mass is 262 g/mol. The van der Waals surface area contributed by atoms with Gasteiger partial charge in [0.05, 0.1) is 13.1 Å². The van der Waals surface area contributed by atoms with Gasteiger partial charge in [-0.2, -0.15) is 0 Å². The molecule has 0 radical (unpaired) electrons. The number of hydrogen-bond acceptors (Lipinski definition) is 3. The van der Waals surface area contributed by atoms with Crippen molar-refractivity contribution in [2.24, 2.45) is 0 Å². The molecule has 1 heterocycles. The predicted molar refractivity (Wildman–Crippen MR) is 73.0 cm³/mol. The standard InChI is InChI=1S/C13H18N4O2/c1-3-5-10(14-2)8-16-12(18)13(19)17-9-11-6-4-7-15-11/h3-7,14-15H,1,8-9H2,2H3,(H,16,18)(H,17,19)/b10-5-. The van der Waals surface area contributed by atoms with E-state index in [1.165, 1.54) is 0 Å². The van der Waals surface area contributed by atoms with E-state index in [9.17, 15) is 9.59 Å². The van der Waals surface area contributed by atoms with E-state index in [4.69, 9.17) is 0 Å². The predicted octanol–water partition coefficient (Wildman–Crippen LogP) is 0.0364. The van der Waals surface area contributed by atoms with Gasteiger partial charge in [0, 0.05) is 24.6 Å². The molecule has 0 saturated carbocycles. The largest absolute Gasteiger partial charge is 0.390 e. The second-order valence-electron chi connectivity index (χ2n) is 3.74. The van der Waals surface area contributed by atoms with Crippen LogP contribution in [0.5, 0.6) is 0 Å². The summed E-state index contributed by atoms with van der Waals surface area (Å²) in [5.41, 5.74) is 1.60. The van der Waals surface area contributed by atoms with Crippen molar-refractivity contribution in [3.63, 3.8) is 0 Å². The van der Waals surface area contributed by atoms with Crippen molar-refractivity contribution in [2.75, 3.05) is 13.6 Å². The lowest BCUT2D eigenvalue weighted by Crippen LogP contribution is -2.41. The van der Waals surface area contributed by atoms with Crippen molar-refractivity contribution < 1.29 is 9.59 Å². The fourth-order valence-electron chi connectivity index (χ4n) is 1.36. The number of hydrogen-bond donors (Lipinski definition) is 4. The number of H-pyrrole nitrogens is 1. The number of likely N-dealkylation sites (N-methyl/N-ethyl adjacent to an activating group) is 1. The summed E-state index contributed by atoms with van der Waals surface area (Å²) in [5, 5.41) is 7.92. The van der Waals surface area contributed by atoms with Gasteiger partial charge in [0.2, 0.25) is 0 Å². The molecule has 2 amide bonds. The maximum atomic E-state index is 11.5. The molecular formula is C13H18N4O2. The van der Waals surface area contributed by atoms with E-state index < -0.39 is 11.8 Å². The lowest BCUT2D eigenvalue weighted by molar-refractivity contribution is -0.139. The topological polar surface area (TPSA) is 86.0 Å². The Morgan fingerprint density at radius 3 is 2.68 bits per heavy atom. The molecule has 0 saturated heterocycles. The summed E-state index contributed by atoms with van der Waals surface area (Å²) in [6.07, 6.45) is 5.07. The number of rotatable bonds is 6. The molecule has 0 aliphatic heterocycles. The van der Waals surface area contributed by atoms with E-state index in [1.807, 2.05) is 12.1 Å². The van der Waals surface area contributed by atoms with Gasteiger partial charge >= 0.3 is 11.8 Å². The van der Waals surface area contributed by atoms with Crippen molar-refractivity contribution in [1.82, 2.24) is 20.9 Å². The Labute approximate surface area is 112 Å². The molecule has 19 heavy (non-hydrogen) atoms. The van der Waals surface area contributed by atoms with Crippen LogP contribution in [-0.2, 0) is 16.1 Å². The van der Waals surface area contributed by atoms with Crippen molar-refractivity contribution in [3.05, 3.63) is 48.5 Å². The van der Waals surface area contributed by atoms with Gasteiger partial charge in [0.1, 0.15) is 0 Å². The Bertz CT molecular complexity index is 463. The van der Waals surface area contributed by atoms with Crippen LogP contribution in [0.3, 0.4) is 0 Å². The Balaban J connectivity index is 2.34. The number of aromatic amines is 1. The van der Waals surface area contributed by atoms with E-state index >= 15 is 0 Å². The molecule has 0 aromatic carbocycles. The van der Waals surface area contributed by atoms with E-state index in [0.29, 0.717) is 6.54 Å². The highest BCUT2D eigenvalue weighted by Crippen LogP contribution is 1.92. The Morgan fingerprint density at radius 1 is 1.37 bits per heavy atom. The van der Waals surface area contributed by atoms with Crippen LogP contribution in [0.2, 0.25) is 0 Å². The molecule has 102 valence electrons. The van der Waals surface area contributed by atoms with Crippen LogP contribution in [-0.4, -0.2) is 30.4 Å². The molecular weight excluding hydrogens is 244 g/mol. The number of carbonyl (C=O) groups is 2. The van der Waals surface area contributed by atoms with Gasteiger partial charge in [-0.15, -0.1) is 0 Å². The minimum Gasteiger partial charge on any atom is -0.390 e. The molecule has 0 aliphatic carbocycles. The summed E-state index contributed by atoms with van der Waals surface area (Å²) in [7, 11) is 1.73. The highest BCUT2D eigenvalue weighted by atomic mass is 16.2. The third-order valence-corrected chi connectivity index (χ3v) is 2.39. The molecule has 0 atom stereocenters. The van der Waals surface area contributed by atoms with Crippen LogP contribution in [0.4, 0.5) is 0 Å². The molecule has 0 unspecified atom stereocenters. The van der Waals surface area contributed by atoms with Crippen LogP contribution in [0.25, 0.3) is 0 Å². The first kappa shape index (κ1) is 14.6. The zero-order valence-corrected chi connectivity index (χ0v) is 10.8. The molecule has 0 bridgehead atoms. The molecule has 4 N–H and O–H groups in total. The fraction of sp³-hybridized carbons (Fsp3) is 0.231. The molecule has 0 aliphatic rings. The minimum absolute atomic E-state index is 0.247. The van der Waals surface area contributed by atoms with Crippen molar-refractivity contribution in [3.8, 4) is 0 Å². The molecule has 0 fully saturated rings. The van der Waals surface area contributed by atoms with Gasteiger partial charge in [-0.1, -0.05) is 12.7 Å². The summed E-state index contributed by atoms with van der Waals surface area (Å²) in [4.78, 5) is 25.9. The number of carbonyl (C=O) groups excluding carboxylic acids is 2. The first-order chi connectivity index (χ1) is 9.17. The Kier molecular flexibility index (Phi) is 5.94. The second kappa shape index (κ2) is 7.75. The summed E-state index contributed by atoms with van der Waals surface area (Å²) < 4.78 is 0. The maximum absolute atomic E-state index is 11.5. The molecule has 1 aromatic rings. The van der Waals surface area contributed by atoms with Gasteiger partial charge in [0.15, 0.2) is 0 Å². The third-order valence-electron chi connectivity index (χ3n) is 2.39. The molecule has 6 nitrogen and oxygen atoms in total. The van der Waals surface area contributed by atoms with Gasteiger partial charge in [-0.3, -0.25) is 9.59 Å². The zero-order valence-electron chi connectivity index (χ0n) is 10.8. The summed E-state index contributed by atoms with van der Waals surface area (Å²) in [6, 6.07) is 3.64. The smallest absolute Gasteiger partial charge is 0.309 e. The van der Waals surface area contributed by atoms with E-state index in [1.54, 1.807) is 25.4 Å². The first-order valence-corrected chi connectivity index (χ1v) is 5.85. The minimum atomic E-state index is -0.670. The molecule has 6 heteroatoms. The first-order valence-electron chi connectivity index (χ1n) is 5.85. The number of aromatic nitrogens is 1. The van der Waals surface area contributed by atoms with Gasteiger partial charge in [-0.05, 0) is 18.2 Å². The van der Waals surface area contributed by atoms with E-state index in [2.05, 4.69) is 27.5 Å². The van der Waals surface area contributed by atoms with Crippen molar-refractivity contribution in [1.29, 1.82) is 0 Å². The highest BCUT2D eigenvalue weighted by molar-refractivity contribution is 6.35. The lowest BCUT2D eigenvalue weighted by Gasteiger charge is -2.08. The molecule has 0 spiro atoms. The number of nitrogens with one attached hydrogen (secondary N) is 4. The second-order valence-corrected chi connectivity index (χ2v) is 3.74.